The number of anilines is 1. The Balaban J connectivity index is 2.02. The van der Waals surface area contributed by atoms with Crippen molar-refractivity contribution in [3.63, 3.8) is 0 Å². The highest BCUT2D eigenvalue weighted by Crippen LogP contribution is 2.31. The van der Waals surface area contributed by atoms with Gasteiger partial charge in [-0.2, -0.15) is 0 Å². The quantitative estimate of drug-likeness (QED) is 0.649. The highest BCUT2D eigenvalue weighted by molar-refractivity contribution is 7.99. The van der Waals surface area contributed by atoms with E-state index < -0.39 is 6.10 Å². The predicted molar refractivity (Wildman–Crippen MR) is 83.0 cm³/mol. The average Bonchev–Trinajstić information content (AvgIpc) is 2.40. The van der Waals surface area contributed by atoms with Gasteiger partial charge in [0.05, 0.1) is 16.1 Å². The number of nitrogen functional groups attached to an aromatic ring is 1. The molecule has 0 spiro atoms. The molecule has 0 fully saturated rings. The number of halogens is 2. The second-order valence-electron chi connectivity index (χ2n) is 4.03. The van der Waals surface area contributed by atoms with Crippen LogP contribution in [0.3, 0.4) is 0 Å². The maximum Gasteiger partial charge on any atom is 0.0903 e. The van der Waals surface area contributed by atoms with Crippen molar-refractivity contribution in [3.05, 3.63) is 58.1 Å². The van der Waals surface area contributed by atoms with Crippen molar-refractivity contribution in [1.29, 1.82) is 0 Å². The highest BCUT2D eigenvalue weighted by Gasteiger charge is 2.11. The number of thioether (sulfide) groups is 1. The minimum atomic E-state index is -0.611. The third-order valence-corrected chi connectivity index (χ3v) is 4.46. The molecule has 2 rings (SSSR count). The lowest BCUT2D eigenvalue weighted by atomic mass is 10.1. The fourth-order valence-electron chi connectivity index (χ4n) is 1.65. The molecule has 0 aliphatic carbocycles. The van der Waals surface area contributed by atoms with E-state index in [0.29, 0.717) is 21.5 Å². The Kier molecular flexibility index (Phi) is 4.99. The number of hydrogen-bond acceptors (Lipinski definition) is 3. The first-order chi connectivity index (χ1) is 9.08. The molecule has 0 aliphatic rings. The maximum atomic E-state index is 10.1. The van der Waals surface area contributed by atoms with E-state index in [4.69, 9.17) is 28.9 Å². The Labute approximate surface area is 126 Å². The van der Waals surface area contributed by atoms with Crippen molar-refractivity contribution < 1.29 is 5.11 Å². The van der Waals surface area contributed by atoms with Gasteiger partial charge in [0.15, 0.2) is 0 Å². The lowest BCUT2D eigenvalue weighted by molar-refractivity contribution is 0.205. The SMILES string of the molecule is Nc1ccccc1C(O)CSc1ccc(Cl)c(Cl)c1. The zero-order valence-corrected chi connectivity index (χ0v) is 12.3. The van der Waals surface area contributed by atoms with E-state index in [1.54, 1.807) is 18.2 Å². The first kappa shape index (κ1) is 14.5. The Morgan fingerprint density at radius 2 is 1.84 bits per heavy atom. The summed E-state index contributed by atoms with van der Waals surface area (Å²) in [6.07, 6.45) is -0.611. The van der Waals surface area contributed by atoms with E-state index in [1.165, 1.54) is 11.8 Å². The van der Waals surface area contributed by atoms with Crippen LogP contribution in [0.5, 0.6) is 0 Å². The van der Waals surface area contributed by atoms with Crippen LogP contribution in [0.25, 0.3) is 0 Å². The smallest absolute Gasteiger partial charge is 0.0903 e. The van der Waals surface area contributed by atoms with E-state index in [1.807, 2.05) is 24.3 Å². The molecule has 2 aromatic rings. The Morgan fingerprint density at radius 3 is 2.53 bits per heavy atom. The third kappa shape index (κ3) is 3.80. The van der Waals surface area contributed by atoms with E-state index in [0.717, 1.165) is 10.5 Å². The van der Waals surface area contributed by atoms with E-state index in [2.05, 4.69) is 0 Å². The van der Waals surface area contributed by atoms with Gasteiger partial charge in [-0.25, -0.2) is 0 Å². The Bertz CT molecular complexity index is 577. The van der Waals surface area contributed by atoms with Crippen LogP contribution in [0.4, 0.5) is 5.69 Å². The van der Waals surface area contributed by atoms with Crippen LogP contribution in [0, 0.1) is 0 Å². The molecule has 2 nitrogen and oxygen atoms in total. The van der Waals surface area contributed by atoms with Crippen LogP contribution in [0.1, 0.15) is 11.7 Å². The second-order valence-corrected chi connectivity index (χ2v) is 5.94. The summed E-state index contributed by atoms with van der Waals surface area (Å²) >= 11 is 13.3. The molecule has 5 heteroatoms. The molecular weight excluding hydrogens is 301 g/mol. The van der Waals surface area contributed by atoms with Gasteiger partial charge >= 0.3 is 0 Å². The molecule has 100 valence electrons. The second kappa shape index (κ2) is 6.53. The van der Waals surface area contributed by atoms with Crippen molar-refractivity contribution in [1.82, 2.24) is 0 Å². The summed E-state index contributed by atoms with van der Waals surface area (Å²) in [5, 5.41) is 11.2. The number of para-hydroxylation sites is 1. The summed E-state index contributed by atoms with van der Waals surface area (Å²) < 4.78 is 0. The molecule has 0 heterocycles. The van der Waals surface area contributed by atoms with E-state index in [9.17, 15) is 5.11 Å². The number of benzene rings is 2. The topological polar surface area (TPSA) is 46.2 Å². The van der Waals surface area contributed by atoms with Crippen LogP contribution in [-0.4, -0.2) is 10.9 Å². The monoisotopic (exact) mass is 313 g/mol. The molecule has 0 aliphatic heterocycles. The molecule has 0 saturated heterocycles. The third-order valence-electron chi connectivity index (χ3n) is 2.65. The van der Waals surface area contributed by atoms with Gasteiger partial charge in [0.25, 0.3) is 0 Å². The van der Waals surface area contributed by atoms with Crippen molar-refractivity contribution >= 4 is 40.7 Å². The first-order valence-corrected chi connectivity index (χ1v) is 7.42. The summed E-state index contributed by atoms with van der Waals surface area (Å²) in [5.41, 5.74) is 7.17. The molecule has 1 unspecified atom stereocenters. The fourth-order valence-corrected chi connectivity index (χ4v) is 2.90. The molecule has 19 heavy (non-hydrogen) atoms. The van der Waals surface area contributed by atoms with Crippen molar-refractivity contribution in [2.75, 3.05) is 11.5 Å². The number of hydrogen-bond donors (Lipinski definition) is 2. The van der Waals surface area contributed by atoms with Crippen LogP contribution >= 0.6 is 35.0 Å². The van der Waals surface area contributed by atoms with Gasteiger partial charge in [0.2, 0.25) is 0 Å². The highest BCUT2D eigenvalue weighted by atomic mass is 35.5. The van der Waals surface area contributed by atoms with Crippen LogP contribution in [0.15, 0.2) is 47.4 Å². The van der Waals surface area contributed by atoms with Crippen LogP contribution in [0.2, 0.25) is 10.0 Å². The van der Waals surface area contributed by atoms with Gasteiger partial charge in [-0.3, -0.25) is 0 Å². The lowest BCUT2D eigenvalue weighted by Gasteiger charge is -2.13. The van der Waals surface area contributed by atoms with Gasteiger partial charge in [-0.1, -0.05) is 41.4 Å². The lowest BCUT2D eigenvalue weighted by Crippen LogP contribution is -2.04. The van der Waals surface area contributed by atoms with Gasteiger partial charge in [-0.05, 0) is 24.3 Å². The average molecular weight is 314 g/mol. The summed E-state index contributed by atoms with van der Waals surface area (Å²) in [6, 6.07) is 12.7. The van der Waals surface area contributed by atoms with Gasteiger partial charge < -0.3 is 10.8 Å². The van der Waals surface area contributed by atoms with E-state index in [-0.39, 0.29) is 0 Å². The fraction of sp³-hybridized carbons (Fsp3) is 0.143. The molecule has 0 saturated carbocycles. The number of aliphatic hydroxyl groups is 1. The maximum absolute atomic E-state index is 10.1. The molecule has 2 aromatic carbocycles. The van der Waals surface area contributed by atoms with Crippen LogP contribution in [-0.2, 0) is 0 Å². The van der Waals surface area contributed by atoms with Crippen molar-refractivity contribution in [2.45, 2.75) is 11.0 Å². The largest absolute Gasteiger partial charge is 0.398 e. The first-order valence-electron chi connectivity index (χ1n) is 5.68. The summed E-state index contributed by atoms with van der Waals surface area (Å²) in [6.45, 7) is 0. The summed E-state index contributed by atoms with van der Waals surface area (Å²) in [4.78, 5) is 0.961. The Hall–Kier alpha value is -0.870. The van der Waals surface area contributed by atoms with Crippen LogP contribution < -0.4 is 5.73 Å². The zero-order valence-electron chi connectivity index (χ0n) is 10.0. The van der Waals surface area contributed by atoms with E-state index >= 15 is 0 Å². The predicted octanol–water partition coefficient (Wildman–Crippen LogP) is 4.40. The molecule has 3 N–H and O–H groups in total. The number of rotatable bonds is 4. The Morgan fingerprint density at radius 1 is 1.11 bits per heavy atom. The standard InChI is InChI=1S/C14H13Cl2NOS/c15-11-6-5-9(7-12(11)16)19-8-14(18)10-3-1-2-4-13(10)17/h1-7,14,18H,8,17H2. The van der Waals surface area contributed by atoms with Gasteiger partial charge in [-0.15, -0.1) is 11.8 Å². The number of aliphatic hydroxyl groups excluding tert-OH is 1. The molecule has 0 bridgehead atoms. The summed E-state index contributed by atoms with van der Waals surface area (Å²) in [7, 11) is 0. The zero-order chi connectivity index (χ0) is 13.8. The normalized spacial score (nSPS) is 12.4. The molecular formula is C14H13Cl2NOS. The van der Waals surface area contributed by atoms with Crippen molar-refractivity contribution in [3.8, 4) is 0 Å². The molecule has 0 aromatic heterocycles. The molecule has 0 radical (unpaired) electrons. The van der Waals surface area contributed by atoms with Gasteiger partial charge in [0, 0.05) is 21.9 Å². The minimum Gasteiger partial charge on any atom is -0.398 e. The molecule has 0 amide bonds. The molecule has 1 atom stereocenters. The van der Waals surface area contributed by atoms with Gasteiger partial charge in [0.1, 0.15) is 0 Å². The number of nitrogens with two attached hydrogens (primary N) is 1. The summed E-state index contributed by atoms with van der Waals surface area (Å²) in [5.74, 6) is 0.506. The van der Waals surface area contributed by atoms with Crippen molar-refractivity contribution in [2.24, 2.45) is 0 Å². The minimum absolute atomic E-state index is 0.506.